The van der Waals surface area contributed by atoms with Crippen molar-refractivity contribution in [2.45, 2.75) is 26.8 Å². The van der Waals surface area contributed by atoms with Crippen molar-refractivity contribution in [3.8, 4) is 0 Å². The van der Waals surface area contributed by atoms with E-state index in [1.165, 1.54) is 12.0 Å². The summed E-state index contributed by atoms with van der Waals surface area (Å²) in [5.41, 5.74) is 1.36. The molecule has 0 fully saturated rings. The van der Waals surface area contributed by atoms with Gasteiger partial charge in [0.05, 0.1) is 0 Å². The van der Waals surface area contributed by atoms with Gasteiger partial charge in [0.25, 0.3) is 0 Å². The minimum Gasteiger partial charge on any atom is -0.316 e. The van der Waals surface area contributed by atoms with Gasteiger partial charge < -0.3 is 10.2 Å². The number of nitrogens with one attached hydrogen (secondary N) is 1. The van der Waals surface area contributed by atoms with Gasteiger partial charge in [-0.2, -0.15) is 0 Å². The molecule has 1 aromatic carbocycles. The zero-order valence-electron chi connectivity index (χ0n) is 11.7. The number of benzene rings is 1. The van der Waals surface area contributed by atoms with E-state index in [-0.39, 0.29) is 0 Å². The zero-order chi connectivity index (χ0) is 13.4. The first kappa shape index (κ1) is 15.7. The first-order chi connectivity index (χ1) is 8.58. The SMILES string of the molecule is CC(C)CNCCCN(C)Cc1cccc(Br)c1. The van der Waals surface area contributed by atoms with E-state index >= 15 is 0 Å². The number of nitrogens with zero attached hydrogens (tertiary/aromatic N) is 1. The molecule has 3 heteroatoms. The van der Waals surface area contributed by atoms with Crippen molar-refractivity contribution in [2.24, 2.45) is 5.92 Å². The lowest BCUT2D eigenvalue weighted by atomic mass is 10.2. The van der Waals surface area contributed by atoms with Gasteiger partial charge >= 0.3 is 0 Å². The summed E-state index contributed by atoms with van der Waals surface area (Å²) < 4.78 is 1.16. The summed E-state index contributed by atoms with van der Waals surface area (Å²) >= 11 is 3.51. The Morgan fingerprint density at radius 2 is 2.11 bits per heavy atom. The molecule has 0 aromatic heterocycles. The first-order valence-corrected chi connectivity index (χ1v) is 7.51. The molecule has 0 radical (unpaired) electrons. The minimum absolute atomic E-state index is 0.740. The molecule has 0 aliphatic heterocycles. The Hall–Kier alpha value is -0.380. The Bertz CT molecular complexity index is 339. The summed E-state index contributed by atoms with van der Waals surface area (Å²) in [6.07, 6.45) is 1.21. The number of hydrogen-bond acceptors (Lipinski definition) is 2. The van der Waals surface area contributed by atoms with E-state index in [9.17, 15) is 0 Å². The van der Waals surface area contributed by atoms with Crippen LogP contribution in [0.2, 0.25) is 0 Å². The monoisotopic (exact) mass is 312 g/mol. The average Bonchev–Trinajstić information content (AvgIpc) is 2.28. The fourth-order valence-corrected chi connectivity index (χ4v) is 2.34. The summed E-state index contributed by atoms with van der Waals surface area (Å²) in [4.78, 5) is 2.37. The Labute approximate surface area is 120 Å². The lowest BCUT2D eigenvalue weighted by molar-refractivity contribution is 0.318. The molecule has 0 aliphatic carbocycles. The third-order valence-corrected chi connectivity index (χ3v) is 3.28. The van der Waals surface area contributed by atoms with Crippen LogP contribution in [0.1, 0.15) is 25.8 Å². The molecule has 0 saturated carbocycles. The standard InChI is InChI=1S/C15H25BrN2/c1-13(2)11-17-8-5-9-18(3)12-14-6-4-7-15(16)10-14/h4,6-7,10,13,17H,5,8-9,11-12H2,1-3H3. The van der Waals surface area contributed by atoms with Crippen molar-refractivity contribution in [1.82, 2.24) is 10.2 Å². The molecule has 102 valence electrons. The predicted molar refractivity (Wildman–Crippen MR) is 82.8 cm³/mol. The fraction of sp³-hybridized carbons (Fsp3) is 0.600. The van der Waals surface area contributed by atoms with Gasteiger partial charge in [0.2, 0.25) is 0 Å². The number of hydrogen-bond donors (Lipinski definition) is 1. The smallest absolute Gasteiger partial charge is 0.0231 e. The maximum absolute atomic E-state index is 3.51. The Kier molecular flexibility index (Phi) is 7.56. The van der Waals surface area contributed by atoms with Crippen molar-refractivity contribution >= 4 is 15.9 Å². The van der Waals surface area contributed by atoms with Crippen LogP contribution in [0.4, 0.5) is 0 Å². The summed E-state index contributed by atoms with van der Waals surface area (Å²) in [7, 11) is 2.18. The number of rotatable bonds is 8. The van der Waals surface area contributed by atoms with Crippen LogP contribution >= 0.6 is 15.9 Å². The van der Waals surface area contributed by atoms with Crippen LogP contribution in [0.15, 0.2) is 28.7 Å². The van der Waals surface area contributed by atoms with E-state index in [2.05, 4.69) is 71.3 Å². The average molecular weight is 313 g/mol. The van der Waals surface area contributed by atoms with Gasteiger partial charge in [-0.1, -0.05) is 41.9 Å². The van der Waals surface area contributed by atoms with Crippen LogP contribution in [-0.2, 0) is 6.54 Å². The highest BCUT2D eigenvalue weighted by atomic mass is 79.9. The second-order valence-electron chi connectivity index (χ2n) is 5.32. The fourth-order valence-electron chi connectivity index (χ4n) is 1.89. The molecule has 0 heterocycles. The summed E-state index contributed by atoms with van der Waals surface area (Å²) in [6, 6.07) is 8.53. The van der Waals surface area contributed by atoms with Gasteiger partial charge in [0, 0.05) is 11.0 Å². The minimum atomic E-state index is 0.740. The molecule has 0 atom stereocenters. The van der Waals surface area contributed by atoms with Crippen LogP contribution in [0.3, 0.4) is 0 Å². The summed E-state index contributed by atoms with van der Waals surface area (Å²) in [5, 5.41) is 3.48. The second-order valence-corrected chi connectivity index (χ2v) is 6.23. The van der Waals surface area contributed by atoms with Crippen LogP contribution in [-0.4, -0.2) is 31.6 Å². The van der Waals surface area contributed by atoms with Crippen LogP contribution in [0, 0.1) is 5.92 Å². The Balaban J connectivity index is 2.16. The van der Waals surface area contributed by atoms with Crippen molar-refractivity contribution in [2.75, 3.05) is 26.7 Å². The van der Waals surface area contributed by atoms with Gasteiger partial charge in [-0.05, 0) is 56.7 Å². The maximum Gasteiger partial charge on any atom is 0.0231 e. The van der Waals surface area contributed by atoms with Crippen molar-refractivity contribution in [1.29, 1.82) is 0 Å². The molecule has 1 N–H and O–H groups in total. The maximum atomic E-state index is 3.51. The molecule has 0 spiro atoms. The zero-order valence-corrected chi connectivity index (χ0v) is 13.3. The summed E-state index contributed by atoms with van der Waals surface area (Å²) in [6.45, 7) is 8.87. The highest BCUT2D eigenvalue weighted by molar-refractivity contribution is 9.10. The molecular formula is C15H25BrN2. The van der Waals surface area contributed by atoms with Crippen LogP contribution in [0.25, 0.3) is 0 Å². The van der Waals surface area contributed by atoms with Crippen molar-refractivity contribution < 1.29 is 0 Å². The van der Waals surface area contributed by atoms with Gasteiger partial charge in [0.1, 0.15) is 0 Å². The van der Waals surface area contributed by atoms with Gasteiger partial charge in [-0.15, -0.1) is 0 Å². The quantitative estimate of drug-likeness (QED) is 0.739. The highest BCUT2D eigenvalue weighted by Crippen LogP contribution is 2.12. The van der Waals surface area contributed by atoms with E-state index in [1.807, 2.05) is 0 Å². The highest BCUT2D eigenvalue weighted by Gasteiger charge is 2.01. The molecule has 0 unspecified atom stereocenters. The number of halogens is 1. The molecule has 0 aliphatic rings. The van der Waals surface area contributed by atoms with E-state index in [4.69, 9.17) is 0 Å². The lowest BCUT2D eigenvalue weighted by Gasteiger charge is -2.17. The Morgan fingerprint density at radius 1 is 1.33 bits per heavy atom. The molecule has 18 heavy (non-hydrogen) atoms. The molecular weight excluding hydrogens is 288 g/mol. The van der Waals surface area contributed by atoms with Gasteiger partial charge in [0.15, 0.2) is 0 Å². The molecule has 1 aromatic rings. The van der Waals surface area contributed by atoms with Gasteiger partial charge in [-0.3, -0.25) is 0 Å². The molecule has 2 nitrogen and oxygen atoms in total. The predicted octanol–water partition coefficient (Wildman–Crippen LogP) is 3.52. The summed E-state index contributed by atoms with van der Waals surface area (Å²) in [5.74, 6) is 0.740. The molecule has 0 bridgehead atoms. The van der Waals surface area contributed by atoms with Gasteiger partial charge in [-0.25, -0.2) is 0 Å². The topological polar surface area (TPSA) is 15.3 Å². The molecule has 0 amide bonds. The van der Waals surface area contributed by atoms with Crippen molar-refractivity contribution in [3.63, 3.8) is 0 Å². The molecule has 1 rings (SSSR count). The largest absolute Gasteiger partial charge is 0.316 e. The van der Waals surface area contributed by atoms with E-state index in [1.54, 1.807) is 0 Å². The van der Waals surface area contributed by atoms with E-state index < -0.39 is 0 Å². The second kappa shape index (κ2) is 8.68. The first-order valence-electron chi connectivity index (χ1n) is 6.71. The third-order valence-electron chi connectivity index (χ3n) is 2.79. The van der Waals surface area contributed by atoms with Crippen LogP contribution < -0.4 is 5.32 Å². The third kappa shape index (κ3) is 7.14. The Morgan fingerprint density at radius 3 is 2.78 bits per heavy atom. The lowest BCUT2D eigenvalue weighted by Crippen LogP contribution is -2.26. The van der Waals surface area contributed by atoms with Crippen molar-refractivity contribution in [3.05, 3.63) is 34.3 Å². The van der Waals surface area contributed by atoms with E-state index in [0.29, 0.717) is 0 Å². The van der Waals surface area contributed by atoms with Crippen LogP contribution in [0.5, 0.6) is 0 Å². The molecule has 0 saturated heterocycles. The van der Waals surface area contributed by atoms with E-state index in [0.717, 1.165) is 36.6 Å². The normalized spacial score (nSPS) is 11.4.